The van der Waals surface area contributed by atoms with Crippen molar-refractivity contribution in [2.24, 2.45) is 4.99 Å². The molecule has 1 aliphatic heterocycles. The lowest BCUT2D eigenvalue weighted by Crippen LogP contribution is -2.50. The summed E-state index contributed by atoms with van der Waals surface area (Å²) in [7, 11) is 0. The van der Waals surface area contributed by atoms with E-state index in [4.69, 9.17) is 4.99 Å². The van der Waals surface area contributed by atoms with Gasteiger partial charge in [0.1, 0.15) is 5.01 Å². The summed E-state index contributed by atoms with van der Waals surface area (Å²) >= 11 is 3.77. The molecule has 0 bridgehead atoms. The molecule has 1 aromatic rings. The van der Waals surface area contributed by atoms with Crippen LogP contribution in [0, 0.1) is 6.92 Å². The van der Waals surface area contributed by atoms with Crippen molar-refractivity contribution in [1.29, 1.82) is 0 Å². The number of thiazole rings is 1. The van der Waals surface area contributed by atoms with Gasteiger partial charge in [-0.3, -0.25) is 0 Å². The predicted molar refractivity (Wildman–Crippen MR) is 89.8 cm³/mol. The van der Waals surface area contributed by atoms with Crippen molar-refractivity contribution in [2.45, 2.75) is 39.0 Å². The summed E-state index contributed by atoms with van der Waals surface area (Å²) in [6.45, 7) is 12.5. The number of rotatable bonds is 3. The fraction of sp³-hybridized carbons (Fsp3) is 0.714. The molecule has 6 heteroatoms. The lowest BCUT2D eigenvalue weighted by molar-refractivity contribution is 0.376. The van der Waals surface area contributed by atoms with Crippen LogP contribution in [0.25, 0.3) is 0 Å². The summed E-state index contributed by atoms with van der Waals surface area (Å²) < 4.78 is 0.298. The number of aromatic nitrogens is 1. The van der Waals surface area contributed by atoms with Gasteiger partial charge in [0, 0.05) is 41.2 Å². The molecular weight excluding hydrogens is 288 g/mol. The van der Waals surface area contributed by atoms with Crippen molar-refractivity contribution in [3.63, 3.8) is 0 Å². The number of hydrogen-bond donors (Lipinski definition) is 1. The molecule has 0 atom stereocenters. The summed E-state index contributed by atoms with van der Waals surface area (Å²) in [4.78, 5) is 12.8. The van der Waals surface area contributed by atoms with Gasteiger partial charge in [-0.25, -0.2) is 9.98 Å². The van der Waals surface area contributed by atoms with Gasteiger partial charge in [-0.15, -0.1) is 11.3 Å². The molecule has 4 nitrogen and oxygen atoms in total. The first-order valence-corrected chi connectivity index (χ1v) is 8.89. The Labute approximate surface area is 130 Å². The molecule has 0 spiro atoms. The van der Waals surface area contributed by atoms with Crippen LogP contribution in [-0.4, -0.2) is 46.0 Å². The fourth-order valence-corrected chi connectivity index (χ4v) is 4.06. The largest absolute Gasteiger partial charge is 0.357 e. The third kappa shape index (κ3) is 4.38. The Bertz CT molecular complexity index is 467. The zero-order chi connectivity index (χ0) is 14.6. The first-order valence-electron chi connectivity index (χ1n) is 7.09. The Hall–Kier alpha value is -0.750. The van der Waals surface area contributed by atoms with Crippen molar-refractivity contribution in [3.05, 3.63) is 16.1 Å². The average Bonchev–Trinajstić information content (AvgIpc) is 2.79. The van der Waals surface area contributed by atoms with Crippen LogP contribution >= 0.6 is 23.1 Å². The van der Waals surface area contributed by atoms with E-state index in [1.54, 1.807) is 11.3 Å². The highest BCUT2D eigenvalue weighted by Crippen LogP contribution is 2.29. The Morgan fingerprint density at radius 1 is 1.55 bits per heavy atom. The number of aliphatic imine (C=N–C) groups is 1. The van der Waals surface area contributed by atoms with Crippen LogP contribution in [0.1, 0.15) is 30.7 Å². The van der Waals surface area contributed by atoms with E-state index >= 15 is 0 Å². The van der Waals surface area contributed by atoms with E-state index in [0.717, 1.165) is 36.4 Å². The van der Waals surface area contributed by atoms with Crippen LogP contribution < -0.4 is 5.32 Å². The number of guanidine groups is 1. The van der Waals surface area contributed by atoms with Crippen LogP contribution in [0.2, 0.25) is 0 Å². The minimum absolute atomic E-state index is 0.298. The molecule has 2 heterocycles. The monoisotopic (exact) mass is 312 g/mol. The molecular formula is C14H24N4S2. The molecule has 0 saturated carbocycles. The molecule has 112 valence electrons. The second kappa shape index (κ2) is 6.80. The molecule has 1 N–H and O–H groups in total. The molecule has 1 saturated heterocycles. The van der Waals surface area contributed by atoms with Gasteiger partial charge in [0.15, 0.2) is 5.96 Å². The zero-order valence-corrected chi connectivity index (χ0v) is 14.4. The molecule has 0 aromatic carbocycles. The highest BCUT2D eigenvalue weighted by Gasteiger charge is 2.28. The quantitative estimate of drug-likeness (QED) is 0.688. The summed E-state index contributed by atoms with van der Waals surface area (Å²) in [5.74, 6) is 2.18. The number of hydrogen-bond acceptors (Lipinski definition) is 4. The van der Waals surface area contributed by atoms with Gasteiger partial charge < -0.3 is 10.2 Å². The van der Waals surface area contributed by atoms with Gasteiger partial charge in [-0.05, 0) is 27.7 Å². The summed E-state index contributed by atoms with van der Waals surface area (Å²) in [5, 5.41) is 4.50. The Morgan fingerprint density at radius 2 is 2.35 bits per heavy atom. The zero-order valence-electron chi connectivity index (χ0n) is 12.8. The Kier molecular flexibility index (Phi) is 5.32. The minimum atomic E-state index is 0.298. The number of nitrogens with one attached hydrogen (secondary N) is 1. The number of thioether (sulfide) groups is 1. The molecule has 0 unspecified atom stereocenters. The molecule has 1 aliphatic rings. The van der Waals surface area contributed by atoms with Crippen LogP contribution in [0.15, 0.2) is 11.2 Å². The third-order valence-electron chi connectivity index (χ3n) is 3.09. The van der Waals surface area contributed by atoms with Crippen LogP contribution in [0.3, 0.4) is 0 Å². The summed E-state index contributed by atoms with van der Waals surface area (Å²) in [6.07, 6.45) is 1.92. The Balaban J connectivity index is 2.05. The molecule has 2 rings (SSSR count). The van der Waals surface area contributed by atoms with Gasteiger partial charge in [0.05, 0.1) is 6.54 Å². The van der Waals surface area contributed by atoms with E-state index in [-0.39, 0.29) is 0 Å². The second-order valence-corrected chi connectivity index (χ2v) is 8.69. The number of aryl methyl sites for hydroxylation is 1. The second-order valence-electron chi connectivity index (χ2n) is 5.56. The van der Waals surface area contributed by atoms with E-state index in [1.807, 2.05) is 18.0 Å². The standard InChI is InChI=1S/C14H24N4S2/c1-5-15-13(17-9-12-16-8-11(2)20-12)18-6-7-19-14(3,4)10-18/h8H,5-7,9-10H2,1-4H3,(H,15,17). The van der Waals surface area contributed by atoms with Crippen molar-refractivity contribution in [3.8, 4) is 0 Å². The normalized spacial score (nSPS) is 19.2. The third-order valence-corrected chi connectivity index (χ3v) is 5.29. The van der Waals surface area contributed by atoms with E-state index < -0.39 is 0 Å². The predicted octanol–water partition coefficient (Wildman–Crippen LogP) is 2.74. The highest BCUT2D eigenvalue weighted by molar-refractivity contribution is 8.00. The van der Waals surface area contributed by atoms with E-state index in [9.17, 15) is 0 Å². The van der Waals surface area contributed by atoms with Gasteiger partial charge in [0.25, 0.3) is 0 Å². The van der Waals surface area contributed by atoms with Gasteiger partial charge in [-0.1, -0.05) is 0 Å². The Morgan fingerprint density at radius 3 is 2.95 bits per heavy atom. The van der Waals surface area contributed by atoms with Crippen molar-refractivity contribution < 1.29 is 0 Å². The average molecular weight is 313 g/mol. The maximum atomic E-state index is 4.76. The van der Waals surface area contributed by atoms with Crippen LogP contribution in [0.5, 0.6) is 0 Å². The van der Waals surface area contributed by atoms with Crippen molar-refractivity contribution >= 4 is 29.1 Å². The molecule has 0 radical (unpaired) electrons. The van der Waals surface area contributed by atoms with E-state index in [1.165, 1.54) is 4.88 Å². The van der Waals surface area contributed by atoms with Crippen LogP contribution in [-0.2, 0) is 6.54 Å². The summed E-state index contributed by atoms with van der Waals surface area (Å²) in [5.41, 5.74) is 0. The maximum Gasteiger partial charge on any atom is 0.194 e. The lowest BCUT2D eigenvalue weighted by atomic mass is 10.2. The molecule has 0 aliphatic carbocycles. The highest BCUT2D eigenvalue weighted by atomic mass is 32.2. The molecule has 1 aromatic heterocycles. The smallest absolute Gasteiger partial charge is 0.194 e. The summed E-state index contributed by atoms with van der Waals surface area (Å²) in [6, 6.07) is 0. The van der Waals surface area contributed by atoms with Gasteiger partial charge in [0.2, 0.25) is 0 Å². The number of nitrogens with zero attached hydrogens (tertiary/aromatic N) is 3. The van der Waals surface area contributed by atoms with E-state index in [2.05, 4.69) is 42.9 Å². The molecule has 1 fully saturated rings. The van der Waals surface area contributed by atoms with Gasteiger partial charge >= 0.3 is 0 Å². The van der Waals surface area contributed by atoms with Crippen LogP contribution in [0.4, 0.5) is 0 Å². The minimum Gasteiger partial charge on any atom is -0.357 e. The van der Waals surface area contributed by atoms with Crippen molar-refractivity contribution in [1.82, 2.24) is 15.2 Å². The first kappa shape index (κ1) is 15.6. The van der Waals surface area contributed by atoms with Crippen molar-refractivity contribution in [2.75, 3.05) is 25.4 Å². The van der Waals surface area contributed by atoms with Gasteiger partial charge in [-0.2, -0.15) is 11.8 Å². The molecule has 20 heavy (non-hydrogen) atoms. The first-order chi connectivity index (χ1) is 9.50. The maximum absolute atomic E-state index is 4.76. The lowest BCUT2D eigenvalue weighted by Gasteiger charge is -2.39. The topological polar surface area (TPSA) is 40.5 Å². The molecule has 0 amide bonds. The SMILES string of the molecule is CCNC(=NCc1ncc(C)s1)N1CCSC(C)(C)C1. The van der Waals surface area contributed by atoms with E-state index in [0.29, 0.717) is 11.3 Å². The fourth-order valence-electron chi connectivity index (χ4n) is 2.24.